The van der Waals surface area contributed by atoms with Crippen LogP contribution in [0.3, 0.4) is 0 Å². The minimum Gasteiger partial charge on any atom is -0.398 e. The van der Waals surface area contributed by atoms with Crippen LogP contribution in [0.4, 0.5) is 10.1 Å². The number of aliphatic hydroxyl groups excluding tert-OH is 1. The second-order valence-electron chi connectivity index (χ2n) is 7.78. The first-order chi connectivity index (χ1) is 13.9. The van der Waals surface area contributed by atoms with Gasteiger partial charge in [0.05, 0.1) is 0 Å². The Morgan fingerprint density at radius 1 is 1.28 bits per heavy atom. The molecule has 1 saturated heterocycles. The lowest BCUT2D eigenvalue weighted by Crippen LogP contribution is -2.60. The van der Waals surface area contributed by atoms with Gasteiger partial charge in [-0.15, -0.1) is 0 Å². The summed E-state index contributed by atoms with van der Waals surface area (Å²) in [5.41, 5.74) is 7.99. The standard InChI is InChI=1S/C22H23ClFN3O2/c23-17-5-3-16(19(25)11-17)4-8-20(28)27-14-22(9-10-22)26(13-21(27)29)12-15-1-6-18(24)7-2-15/h1-8,11,21,29H,9-10,12-14,25H2/b8-4+. The minimum absolute atomic E-state index is 0.115. The highest BCUT2D eigenvalue weighted by Gasteiger charge is 2.53. The minimum atomic E-state index is -0.901. The Bertz CT molecular complexity index is 944. The van der Waals surface area contributed by atoms with Crippen LogP contribution in [0.2, 0.25) is 5.02 Å². The summed E-state index contributed by atoms with van der Waals surface area (Å²) in [5.74, 6) is -0.516. The fourth-order valence-electron chi connectivity index (χ4n) is 3.85. The molecule has 0 aromatic heterocycles. The number of nitrogens with two attached hydrogens (primary N) is 1. The van der Waals surface area contributed by atoms with E-state index in [0.29, 0.717) is 35.9 Å². The molecule has 0 bridgehead atoms. The number of β-amino-alcohol motifs (C(OH)–C–C–N with tert-alkyl or cyclic N) is 1. The third-order valence-corrected chi connectivity index (χ3v) is 5.97. The zero-order chi connectivity index (χ0) is 20.6. The highest BCUT2D eigenvalue weighted by molar-refractivity contribution is 6.30. The maximum atomic E-state index is 13.2. The van der Waals surface area contributed by atoms with Crippen LogP contribution in [0.15, 0.2) is 48.5 Å². The van der Waals surface area contributed by atoms with Gasteiger partial charge in [-0.1, -0.05) is 29.8 Å². The van der Waals surface area contributed by atoms with Crippen LogP contribution in [0.5, 0.6) is 0 Å². The molecule has 1 aliphatic heterocycles. The number of hydrogen-bond acceptors (Lipinski definition) is 4. The van der Waals surface area contributed by atoms with Gasteiger partial charge in [-0.05, 0) is 54.3 Å². The first-order valence-electron chi connectivity index (χ1n) is 9.58. The predicted molar refractivity (Wildman–Crippen MR) is 111 cm³/mol. The first-order valence-corrected chi connectivity index (χ1v) is 9.95. The largest absolute Gasteiger partial charge is 0.398 e. The number of aliphatic hydroxyl groups is 1. The molecule has 1 atom stereocenters. The summed E-state index contributed by atoms with van der Waals surface area (Å²) in [6.07, 6.45) is 4.12. The monoisotopic (exact) mass is 415 g/mol. The summed E-state index contributed by atoms with van der Waals surface area (Å²) in [6.45, 7) is 1.45. The van der Waals surface area contributed by atoms with Crippen LogP contribution in [0, 0.1) is 5.82 Å². The van der Waals surface area contributed by atoms with Crippen LogP contribution in [0.1, 0.15) is 24.0 Å². The molecule has 29 heavy (non-hydrogen) atoms. The number of amides is 1. The molecule has 2 fully saturated rings. The topological polar surface area (TPSA) is 69.8 Å². The van der Waals surface area contributed by atoms with Crippen molar-refractivity contribution in [2.75, 3.05) is 18.8 Å². The van der Waals surface area contributed by atoms with E-state index in [0.717, 1.165) is 18.4 Å². The summed E-state index contributed by atoms with van der Waals surface area (Å²) >= 11 is 5.90. The van der Waals surface area contributed by atoms with Crippen LogP contribution >= 0.6 is 11.6 Å². The van der Waals surface area contributed by atoms with Gasteiger partial charge in [0.2, 0.25) is 5.91 Å². The van der Waals surface area contributed by atoms with E-state index in [1.807, 2.05) is 0 Å². The Labute approximate surface area is 174 Å². The Balaban J connectivity index is 1.44. The Hall–Kier alpha value is -2.41. The molecule has 4 rings (SSSR count). The third kappa shape index (κ3) is 4.29. The van der Waals surface area contributed by atoms with E-state index in [1.165, 1.54) is 23.1 Å². The molecule has 0 radical (unpaired) electrons. The summed E-state index contributed by atoms with van der Waals surface area (Å²) in [6, 6.07) is 11.5. The van der Waals surface area contributed by atoms with E-state index in [1.54, 1.807) is 36.4 Å². The summed E-state index contributed by atoms with van der Waals surface area (Å²) in [5, 5.41) is 11.1. The van der Waals surface area contributed by atoms with Gasteiger partial charge < -0.3 is 15.7 Å². The normalized spacial score (nSPS) is 21.1. The van der Waals surface area contributed by atoms with Gasteiger partial charge in [-0.25, -0.2) is 4.39 Å². The molecule has 2 aliphatic rings. The van der Waals surface area contributed by atoms with Crippen molar-refractivity contribution >= 4 is 29.3 Å². The molecule has 1 heterocycles. The highest BCUT2D eigenvalue weighted by atomic mass is 35.5. The van der Waals surface area contributed by atoms with E-state index >= 15 is 0 Å². The number of hydrogen-bond donors (Lipinski definition) is 2. The van der Waals surface area contributed by atoms with Crippen LogP contribution in [-0.4, -0.2) is 45.7 Å². The smallest absolute Gasteiger partial charge is 0.248 e. The number of rotatable bonds is 4. The van der Waals surface area contributed by atoms with E-state index < -0.39 is 6.23 Å². The number of nitrogen functional groups attached to an aromatic ring is 1. The molecule has 1 saturated carbocycles. The van der Waals surface area contributed by atoms with Crippen molar-refractivity contribution < 1.29 is 14.3 Å². The van der Waals surface area contributed by atoms with Gasteiger partial charge >= 0.3 is 0 Å². The summed E-state index contributed by atoms with van der Waals surface area (Å²) in [7, 11) is 0. The molecule has 1 amide bonds. The van der Waals surface area contributed by atoms with E-state index in [4.69, 9.17) is 17.3 Å². The van der Waals surface area contributed by atoms with Crippen molar-refractivity contribution in [3.05, 3.63) is 70.5 Å². The molecule has 7 heteroatoms. The number of piperazine rings is 1. The van der Waals surface area contributed by atoms with Gasteiger partial charge in [-0.3, -0.25) is 9.69 Å². The maximum absolute atomic E-state index is 13.2. The molecule has 3 N–H and O–H groups in total. The lowest BCUT2D eigenvalue weighted by atomic mass is 10.1. The molecular formula is C22H23ClFN3O2. The first kappa shape index (κ1) is 19.9. The quantitative estimate of drug-likeness (QED) is 0.594. The zero-order valence-corrected chi connectivity index (χ0v) is 16.6. The van der Waals surface area contributed by atoms with Crippen molar-refractivity contribution in [1.82, 2.24) is 9.80 Å². The zero-order valence-electron chi connectivity index (χ0n) is 15.9. The molecule has 2 aromatic carbocycles. The van der Waals surface area contributed by atoms with Crippen molar-refractivity contribution in [3.8, 4) is 0 Å². The predicted octanol–water partition coefficient (Wildman–Crippen LogP) is 3.27. The maximum Gasteiger partial charge on any atom is 0.248 e. The molecule has 1 aliphatic carbocycles. The molecule has 152 valence electrons. The fourth-order valence-corrected chi connectivity index (χ4v) is 4.03. The SMILES string of the molecule is Nc1cc(Cl)ccc1/C=C/C(=O)N1CC2(CC2)N(Cc2ccc(F)cc2)CC1O. The number of nitrogens with zero attached hydrogens (tertiary/aromatic N) is 2. The fraction of sp³-hybridized carbons (Fsp3) is 0.318. The number of benzene rings is 2. The van der Waals surface area contributed by atoms with Crippen molar-refractivity contribution in [3.63, 3.8) is 0 Å². The molecule has 5 nitrogen and oxygen atoms in total. The lowest BCUT2D eigenvalue weighted by molar-refractivity contribution is -0.148. The van der Waals surface area contributed by atoms with E-state index in [-0.39, 0.29) is 17.3 Å². The van der Waals surface area contributed by atoms with Gasteiger partial charge in [-0.2, -0.15) is 0 Å². The summed E-state index contributed by atoms with van der Waals surface area (Å²) < 4.78 is 13.2. The van der Waals surface area contributed by atoms with Crippen molar-refractivity contribution in [2.24, 2.45) is 0 Å². The highest BCUT2D eigenvalue weighted by Crippen LogP contribution is 2.45. The van der Waals surface area contributed by atoms with Crippen molar-refractivity contribution in [1.29, 1.82) is 0 Å². The van der Waals surface area contributed by atoms with Gasteiger partial charge in [0.25, 0.3) is 0 Å². The number of carbonyl (C=O) groups excluding carboxylic acids is 1. The summed E-state index contributed by atoms with van der Waals surface area (Å²) in [4.78, 5) is 16.4. The average Bonchev–Trinajstić information content (AvgIpc) is 3.46. The number of anilines is 1. The van der Waals surface area contributed by atoms with Gasteiger partial charge in [0, 0.05) is 42.0 Å². The average molecular weight is 416 g/mol. The molecule has 2 aromatic rings. The second kappa shape index (κ2) is 7.78. The van der Waals surface area contributed by atoms with E-state index in [2.05, 4.69) is 4.90 Å². The van der Waals surface area contributed by atoms with E-state index in [9.17, 15) is 14.3 Å². The Morgan fingerprint density at radius 2 is 2.00 bits per heavy atom. The number of halogens is 2. The molecule has 1 unspecified atom stereocenters. The molecule has 1 spiro atoms. The Kier molecular flexibility index (Phi) is 5.34. The molecular weight excluding hydrogens is 393 g/mol. The van der Waals surface area contributed by atoms with Crippen LogP contribution < -0.4 is 5.73 Å². The van der Waals surface area contributed by atoms with Gasteiger partial charge in [0.1, 0.15) is 12.0 Å². The Morgan fingerprint density at radius 3 is 2.66 bits per heavy atom. The van der Waals surface area contributed by atoms with Gasteiger partial charge in [0.15, 0.2) is 0 Å². The lowest BCUT2D eigenvalue weighted by Gasteiger charge is -2.44. The third-order valence-electron chi connectivity index (χ3n) is 5.73. The number of carbonyl (C=O) groups is 1. The van der Waals surface area contributed by atoms with Crippen LogP contribution in [0.25, 0.3) is 6.08 Å². The second-order valence-corrected chi connectivity index (χ2v) is 8.22. The van der Waals surface area contributed by atoms with Crippen molar-refractivity contribution in [2.45, 2.75) is 31.2 Å². The van der Waals surface area contributed by atoms with Crippen LogP contribution in [-0.2, 0) is 11.3 Å².